The van der Waals surface area contributed by atoms with Crippen LogP contribution in [0, 0.1) is 0 Å². The van der Waals surface area contributed by atoms with Gasteiger partial charge >= 0.3 is 0 Å². The van der Waals surface area contributed by atoms with Crippen molar-refractivity contribution in [3.63, 3.8) is 0 Å². The van der Waals surface area contributed by atoms with Gasteiger partial charge in [0, 0.05) is 37.9 Å². The molecule has 100 valence electrons. The molecule has 0 aliphatic carbocycles. The number of carbonyl (C=O) groups is 1. The minimum Gasteiger partial charge on any atom is -0.364 e. The lowest BCUT2D eigenvalue weighted by molar-refractivity contribution is -0.118. The molecule has 6 nitrogen and oxygen atoms in total. The predicted octanol–water partition coefficient (Wildman–Crippen LogP) is 0.546. The quantitative estimate of drug-likeness (QED) is 0.767. The minimum atomic E-state index is -0.284. The third-order valence-electron chi connectivity index (χ3n) is 2.35. The summed E-state index contributed by atoms with van der Waals surface area (Å²) in [7, 11) is 0. The Morgan fingerprint density at radius 1 is 1.39 bits per heavy atom. The third-order valence-corrected chi connectivity index (χ3v) is 2.35. The average Bonchev–Trinajstić information content (AvgIpc) is 2.24. The van der Waals surface area contributed by atoms with Crippen molar-refractivity contribution >= 4 is 11.7 Å². The molecule has 0 aliphatic rings. The fourth-order valence-corrected chi connectivity index (χ4v) is 1.48. The fraction of sp³-hybridized carbons (Fsp3) is 0.583. The molecule has 0 spiro atoms. The first-order chi connectivity index (χ1) is 8.32. The summed E-state index contributed by atoms with van der Waals surface area (Å²) in [4.78, 5) is 26.8. The molecule has 1 amide bonds. The van der Waals surface area contributed by atoms with Crippen LogP contribution in [-0.2, 0) is 10.3 Å². The van der Waals surface area contributed by atoms with Crippen molar-refractivity contribution in [3.8, 4) is 0 Å². The van der Waals surface area contributed by atoms with Crippen LogP contribution in [0.2, 0.25) is 0 Å². The van der Waals surface area contributed by atoms with Crippen molar-refractivity contribution in [2.75, 3.05) is 18.4 Å². The maximum absolute atomic E-state index is 12.1. The second-order valence-corrected chi connectivity index (χ2v) is 5.03. The van der Waals surface area contributed by atoms with E-state index in [1.807, 2.05) is 20.8 Å². The smallest absolute Gasteiger partial charge is 0.293 e. The Morgan fingerprint density at radius 3 is 2.61 bits per heavy atom. The molecule has 0 unspecified atom stereocenters. The van der Waals surface area contributed by atoms with E-state index in [4.69, 9.17) is 0 Å². The summed E-state index contributed by atoms with van der Waals surface area (Å²) in [6, 6.07) is 0. The van der Waals surface area contributed by atoms with Crippen molar-refractivity contribution in [1.82, 2.24) is 14.9 Å². The first kappa shape index (κ1) is 14.2. The highest BCUT2D eigenvalue weighted by atomic mass is 16.1. The van der Waals surface area contributed by atoms with Gasteiger partial charge in [-0.1, -0.05) is 0 Å². The number of hydrogen-bond donors (Lipinski definition) is 2. The van der Waals surface area contributed by atoms with Gasteiger partial charge in [-0.25, -0.2) is 4.98 Å². The molecule has 0 radical (unpaired) electrons. The molecule has 0 fully saturated rings. The van der Waals surface area contributed by atoms with Crippen LogP contribution in [0.25, 0.3) is 0 Å². The Hall–Kier alpha value is -1.85. The third kappa shape index (κ3) is 3.87. The summed E-state index contributed by atoms with van der Waals surface area (Å²) in [6.07, 6.45) is 3.26. The van der Waals surface area contributed by atoms with E-state index >= 15 is 0 Å². The van der Waals surface area contributed by atoms with Gasteiger partial charge in [0.05, 0.1) is 0 Å². The number of nitrogens with zero attached hydrogens (tertiary/aromatic N) is 2. The van der Waals surface area contributed by atoms with E-state index in [9.17, 15) is 9.59 Å². The van der Waals surface area contributed by atoms with Crippen LogP contribution >= 0.6 is 0 Å². The molecule has 0 atom stereocenters. The Balaban J connectivity index is 2.73. The monoisotopic (exact) mass is 252 g/mol. The topological polar surface area (TPSA) is 76.0 Å². The summed E-state index contributed by atoms with van der Waals surface area (Å²) < 4.78 is 1.63. The van der Waals surface area contributed by atoms with Crippen LogP contribution in [0.5, 0.6) is 0 Å². The van der Waals surface area contributed by atoms with Gasteiger partial charge in [0.15, 0.2) is 5.82 Å². The molecule has 1 heterocycles. The molecule has 2 N–H and O–H groups in total. The zero-order chi connectivity index (χ0) is 13.8. The van der Waals surface area contributed by atoms with Crippen molar-refractivity contribution in [3.05, 3.63) is 22.7 Å². The van der Waals surface area contributed by atoms with Gasteiger partial charge in [0.1, 0.15) is 0 Å². The standard InChI is InChI=1S/C12H20N4O2/c1-9(17)13-5-6-14-10-11(18)16(8-7-15-10)12(2,3)4/h7-8H,5-6H2,1-4H3,(H,13,17)(H,14,15). The second kappa shape index (κ2) is 5.66. The van der Waals surface area contributed by atoms with Crippen molar-refractivity contribution in [2.45, 2.75) is 33.2 Å². The molecule has 6 heteroatoms. The maximum Gasteiger partial charge on any atom is 0.293 e. The number of rotatable bonds is 4. The maximum atomic E-state index is 12.1. The van der Waals surface area contributed by atoms with Crippen LogP contribution in [0.15, 0.2) is 17.2 Å². The van der Waals surface area contributed by atoms with Crippen molar-refractivity contribution in [2.24, 2.45) is 0 Å². The van der Waals surface area contributed by atoms with Crippen LogP contribution < -0.4 is 16.2 Å². The van der Waals surface area contributed by atoms with E-state index in [0.29, 0.717) is 18.9 Å². The molecule has 1 aromatic rings. The molecule has 18 heavy (non-hydrogen) atoms. The summed E-state index contributed by atoms with van der Waals surface area (Å²) in [5.41, 5.74) is -0.443. The van der Waals surface area contributed by atoms with Crippen molar-refractivity contribution < 1.29 is 4.79 Å². The highest BCUT2D eigenvalue weighted by molar-refractivity contribution is 5.72. The van der Waals surface area contributed by atoms with Gasteiger partial charge in [0.25, 0.3) is 5.56 Å². The molecular formula is C12H20N4O2. The molecule has 1 aromatic heterocycles. The lowest BCUT2D eigenvalue weighted by Crippen LogP contribution is -2.36. The Morgan fingerprint density at radius 2 is 2.06 bits per heavy atom. The van der Waals surface area contributed by atoms with Gasteiger partial charge < -0.3 is 15.2 Å². The van der Waals surface area contributed by atoms with Crippen LogP contribution in [0.4, 0.5) is 5.82 Å². The Bertz CT molecular complexity index is 474. The largest absolute Gasteiger partial charge is 0.364 e. The van der Waals surface area contributed by atoms with Gasteiger partial charge in [-0.3, -0.25) is 9.59 Å². The van der Waals surface area contributed by atoms with Gasteiger partial charge in [0.2, 0.25) is 5.91 Å². The summed E-state index contributed by atoms with van der Waals surface area (Å²) >= 11 is 0. The van der Waals surface area contributed by atoms with E-state index < -0.39 is 0 Å². The summed E-state index contributed by atoms with van der Waals surface area (Å²) in [5, 5.41) is 5.56. The van der Waals surface area contributed by atoms with E-state index in [-0.39, 0.29) is 17.0 Å². The Labute approximate surface area is 106 Å². The first-order valence-electron chi connectivity index (χ1n) is 5.89. The molecule has 0 aliphatic heterocycles. The van der Waals surface area contributed by atoms with E-state index in [1.165, 1.54) is 6.92 Å². The lowest BCUT2D eigenvalue weighted by Gasteiger charge is -2.22. The number of aromatic nitrogens is 2. The molecule has 0 saturated heterocycles. The van der Waals surface area contributed by atoms with Crippen molar-refractivity contribution in [1.29, 1.82) is 0 Å². The number of anilines is 1. The second-order valence-electron chi connectivity index (χ2n) is 5.03. The zero-order valence-corrected chi connectivity index (χ0v) is 11.3. The number of amides is 1. The van der Waals surface area contributed by atoms with E-state index in [2.05, 4.69) is 15.6 Å². The first-order valence-corrected chi connectivity index (χ1v) is 5.89. The molecule has 0 aromatic carbocycles. The SMILES string of the molecule is CC(=O)NCCNc1nccn(C(C)(C)C)c1=O. The highest BCUT2D eigenvalue weighted by Crippen LogP contribution is 2.10. The molecule has 1 rings (SSSR count). The fourth-order valence-electron chi connectivity index (χ4n) is 1.48. The highest BCUT2D eigenvalue weighted by Gasteiger charge is 2.16. The van der Waals surface area contributed by atoms with Crippen LogP contribution in [0.3, 0.4) is 0 Å². The molecular weight excluding hydrogens is 232 g/mol. The van der Waals surface area contributed by atoms with Gasteiger partial charge in [-0.05, 0) is 20.8 Å². The lowest BCUT2D eigenvalue weighted by atomic mass is 10.1. The predicted molar refractivity (Wildman–Crippen MR) is 70.7 cm³/mol. The van der Waals surface area contributed by atoms with Crippen LogP contribution in [0.1, 0.15) is 27.7 Å². The number of carbonyl (C=O) groups excluding carboxylic acids is 1. The zero-order valence-electron chi connectivity index (χ0n) is 11.3. The summed E-state index contributed by atoms with van der Waals surface area (Å²) in [5.74, 6) is 0.211. The minimum absolute atomic E-state index is 0.0927. The van der Waals surface area contributed by atoms with E-state index in [0.717, 1.165) is 0 Å². The molecule has 0 saturated carbocycles. The summed E-state index contributed by atoms with van der Waals surface area (Å²) in [6.45, 7) is 8.24. The Kier molecular flexibility index (Phi) is 4.47. The molecule has 0 bridgehead atoms. The van der Waals surface area contributed by atoms with Crippen LogP contribution in [-0.4, -0.2) is 28.5 Å². The van der Waals surface area contributed by atoms with Gasteiger partial charge in [-0.15, -0.1) is 0 Å². The average molecular weight is 252 g/mol. The normalized spacial score (nSPS) is 11.1. The van der Waals surface area contributed by atoms with E-state index in [1.54, 1.807) is 17.0 Å². The van der Waals surface area contributed by atoms with Gasteiger partial charge in [-0.2, -0.15) is 0 Å². The number of hydrogen-bond acceptors (Lipinski definition) is 4. The number of nitrogens with one attached hydrogen (secondary N) is 2.